The van der Waals surface area contributed by atoms with Gasteiger partial charge in [0.1, 0.15) is 0 Å². The van der Waals surface area contributed by atoms with Gasteiger partial charge >= 0.3 is 0 Å². The van der Waals surface area contributed by atoms with Gasteiger partial charge in [0.25, 0.3) is 0 Å². The van der Waals surface area contributed by atoms with E-state index in [-0.39, 0.29) is 0 Å². The summed E-state index contributed by atoms with van der Waals surface area (Å²) in [6, 6.07) is 0.655. The Hall–Kier alpha value is -0.160. The molecule has 2 rings (SSSR count). The lowest BCUT2D eigenvalue weighted by molar-refractivity contribution is 0.258. The van der Waals surface area contributed by atoms with Gasteiger partial charge < -0.3 is 5.32 Å². The van der Waals surface area contributed by atoms with Crippen LogP contribution in [0.3, 0.4) is 0 Å². The molecule has 1 fully saturated rings. The summed E-state index contributed by atoms with van der Waals surface area (Å²) in [4.78, 5) is 7.64. The minimum Gasteiger partial charge on any atom is -0.313 e. The zero-order chi connectivity index (χ0) is 11.4. The highest BCUT2D eigenvalue weighted by Gasteiger charge is 2.14. The molecule has 5 heteroatoms. The van der Waals surface area contributed by atoms with E-state index in [0.29, 0.717) is 10.5 Å². The van der Waals surface area contributed by atoms with Gasteiger partial charge in [0.15, 0.2) is 4.47 Å². The summed E-state index contributed by atoms with van der Waals surface area (Å²) < 4.78 is 0.638. The van der Waals surface area contributed by atoms with Crippen molar-refractivity contribution >= 4 is 22.9 Å². The Bertz CT molecular complexity index is 323. The lowest BCUT2D eigenvalue weighted by Crippen LogP contribution is -2.42. The van der Waals surface area contributed by atoms with Crippen LogP contribution in [0.15, 0.2) is 6.20 Å². The molecule has 1 N–H and O–H groups in total. The predicted molar refractivity (Wildman–Crippen MR) is 69.1 cm³/mol. The van der Waals surface area contributed by atoms with E-state index in [9.17, 15) is 0 Å². The van der Waals surface area contributed by atoms with Gasteiger partial charge in [-0.2, -0.15) is 0 Å². The van der Waals surface area contributed by atoms with E-state index in [1.54, 1.807) is 11.3 Å². The van der Waals surface area contributed by atoms with Gasteiger partial charge in [0.2, 0.25) is 0 Å². The van der Waals surface area contributed by atoms with Gasteiger partial charge in [-0.25, -0.2) is 4.98 Å². The van der Waals surface area contributed by atoms with Crippen molar-refractivity contribution in [3.05, 3.63) is 15.5 Å². The number of piperidine rings is 1. The minimum atomic E-state index is 0.638. The third-order valence-corrected chi connectivity index (χ3v) is 4.00. The normalized spacial score (nSPS) is 21.6. The maximum atomic E-state index is 5.81. The third-order valence-electron chi connectivity index (χ3n) is 2.90. The second kappa shape index (κ2) is 5.96. The van der Waals surface area contributed by atoms with Crippen LogP contribution in [-0.4, -0.2) is 36.1 Å². The van der Waals surface area contributed by atoms with Crippen LogP contribution in [0.25, 0.3) is 0 Å². The largest absolute Gasteiger partial charge is 0.313 e. The van der Waals surface area contributed by atoms with E-state index in [2.05, 4.69) is 22.2 Å². The van der Waals surface area contributed by atoms with E-state index < -0.39 is 0 Å². The fraction of sp³-hybridized carbons (Fsp3) is 0.727. The van der Waals surface area contributed by atoms with Crippen LogP contribution in [0, 0.1) is 0 Å². The lowest BCUT2D eigenvalue weighted by Gasteiger charge is -2.27. The van der Waals surface area contributed by atoms with Crippen molar-refractivity contribution in [1.82, 2.24) is 15.2 Å². The van der Waals surface area contributed by atoms with Gasteiger partial charge in [0.05, 0.1) is 0 Å². The number of nitrogens with zero attached hydrogens (tertiary/aromatic N) is 2. The van der Waals surface area contributed by atoms with Gasteiger partial charge in [0, 0.05) is 30.2 Å². The van der Waals surface area contributed by atoms with Crippen molar-refractivity contribution < 1.29 is 0 Å². The highest BCUT2D eigenvalue weighted by atomic mass is 35.5. The second-order valence-electron chi connectivity index (χ2n) is 4.42. The Morgan fingerprint density at radius 3 is 3.12 bits per heavy atom. The van der Waals surface area contributed by atoms with Crippen LogP contribution in [0.2, 0.25) is 4.47 Å². The van der Waals surface area contributed by atoms with Crippen molar-refractivity contribution in [1.29, 1.82) is 0 Å². The van der Waals surface area contributed by atoms with Crippen LogP contribution in [-0.2, 0) is 6.54 Å². The molecule has 0 bridgehead atoms. The maximum Gasteiger partial charge on any atom is 0.183 e. The fourth-order valence-electron chi connectivity index (χ4n) is 2.14. The summed E-state index contributed by atoms with van der Waals surface area (Å²) in [5, 5.41) is 3.56. The van der Waals surface area contributed by atoms with E-state index in [4.69, 9.17) is 11.6 Å². The summed E-state index contributed by atoms with van der Waals surface area (Å²) in [7, 11) is 2.16. The molecule has 16 heavy (non-hydrogen) atoms. The van der Waals surface area contributed by atoms with Crippen LogP contribution in [0.1, 0.15) is 24.1 Å². The smallest absolute Gasteiger partial charge is 0.183 e. The van der Waals surface area contributed by atoms with Crippen LogP contribution in [0.4, 0.5) is 0 Å². The first kappa shape index (κ1) is 12.3. The molecule has 0 unspecified atom stereocenters. The quantitative estimate of drug-likeness (QED) is 0.900. The molecule has 0 spiro atoms. The van der Waals surface area contributed by atoms with E-state index in [1.165, 1.54) is 30.7 Å². The first-order chi connectivity index (χ1) is 7.74. The molecule has 1 aromatic heterocycles. The average molecular weight is 260 g/mol. The molecule has 1 aromatic rings. The monoisotopic (exact) mass is 259 g/mol. The molecule has 1 atom stereocenters. The maximum absolute atomic E-state index is 5.81. The molecular weight excluding hydrogens is 242 g/mol. The van der Waals surface area contributed by atoms with Gasteiger partial charge in [-0.3, -0.25) is 4.90 Å². The van der Waals surface area contributed by atoms with Gasteiger partial charge in [-0.1, -0.05) is 18.0 Å². The number of rotatable bonds is 4. The summed E-state index contributed by atoms with van der Waals surface area (Å²) in [5.41, 5.74) is 0. The van der Waals surface area contributed by atoms with E-state index >= 15 is 0 Å². The summed E-state index contributed by atoms with van der Waals surface area (Å²) in [5.74, 6) is 0. The topological polar surface area (TPSA) is 28.2 Å². The van der Waals surface area contributed by atoms with E-state index in [1.807, 2.05) is 6.20 Å². The number of aromatic nitrogens is 1. The number of likely N-dealkylation sites (N-methyl/N-ethyl adjacent to an activating group) is 1. The number of hydrogen-bond acceptors (Lipinski definition) is 4. The molecule has 1 aliphatic heterocycles. The third kappa shape index (κ3) is 3.70. The lowest BCUT2D eigenvalue weighted by atomic mass is 10.0. The summed E-state index contributed by atoms with van der Waals surface area (Å²) >= 11 is 7.38. The van der Waals surface area contributed by atoms with Crippen molar-refractivity contribution in [2.24, 2.45) is 0 Å². The molecular formula is C11H18ClN3S. The summed E-state index contributed by atoms with van der Waals surface area (Å²) in [6.07, 6.45) is 5.86. The molecule has 90 valence electrons. The molecule has 1 aliphatic rings. The van der Waals surface area contributed by atoms with Crippen molar-refractivity contribution in [3.63, 3.8) is 0 Å². The zero-order valence-corrected chi connectivity index (χ0v) is 11.2. The Kier molecular flexibility index (Phi) is 4.58. The Labute approximate surface area is 106 Å². The first-order valence-corrected chi connectivity index (χ1v) is 6.95. The van der Waals surface area contributed by atoms with Crippen LogP contribution >= 0.6 is 22.9 Å². The van der Waals surface area contributed by atoms with Gasteiger partial charge in [-0.05, 0) is 26.4 Å². The highest BCUT2D eigenvalue weighted by Crippen LogP contribution is 2.19. The second-order valence-corrected chi connectivity index (χ2v) is 6.12. The number of halogens is 1. The van der Waals surface area contributed by atoms with Crippen LogP contribution in [0.5, 0.6) is 0 Å². The summed E-state index contributed by atoms with van der Waals surface area (Å²) in [6.45, 7) is 3.23. The van der Waals surface area contributed by atoms with Crippen molar-refractivity contribution in [2.45, 2.75) is 31.8 Å². The molecule has 1 saturated heterocycles. The van der Waals surface area contributed by atoms with Crippen LogP contribution < -0.4 is 5.32 Å². The molecule has 0 radical (unpaired) electrons. The Morgan fingerprint density at radius 2 is 2.50 bits per heavy atom. The van der Waals surface area contributed by atoms with Crippen molar-refractivity contribution in [3.8, 4) is 0 Å². The first-order valence-electron chi connectivity index (χ1n) is 5.76. The predicted octanol–water partition coefficient (Wildman–Crippen LogP) is 2.37. The number of thiazole rings is 1. The molecule has 0 amide bonds. The number of hydrogen-bond donors (Lipinski definition) is 1. The highest BCUT2D eigenvalue weighted by molar-refractivity contribution is 7.15. The van der Waals surface area contributed by atoms with E-state index in [0.717, 1.165) is 13.1 Å². The molecule has 0 aromatic carbocycles. The Balaban J connectivity index is 1.77. The fourth-order valence-corrected chi connectivity index (χ4v) is 3.20. The standard InChI is InChI=1S/C11H18ClN3S/c1-15(7-9-4-2-3-5-13-9)8-10-6-14-11(12)16-10/h6,9,13H,2-5,7-8H2,1H3/t9-/m0/s1. The van der Waals surface area contributed by atoms with Crippen molar-refractivity contribution in [2.75, 3.05) is 20.1 Å². The zero-order valence-electron chi connectivity index (χ0n) is 9.58. The van der Waals surface area contributed by atoms with Gasteiger partial charge in [-0.15, -0.1) is 11.3 Å². The SMILES string of the molecule is CN(Cc1cnc(Cl)s1)C[C@@H]1CCCCN1. The minimum absolute atomic E-state index is 0.638. The average Bonchev–Trinajstić information content (AvgIpc) is 2.65. The Morgan fingerprint density at radius 1 is 1.62 bits per heavy atom. The molecule has 0 aliphatic carbocycles. The molecule has 3 nitrogen and oxygen atoms in total. The number of nitrogens with one attached hydrogen (secondary N) is 1. The molecule has 0 saturated carbocycles. The molecule has 2 heterocycles.